The molecule has 156 valence electrons. The number of carbonyl (C=O) groups is 1. The molecule has 1 aromatic heterocycles. The lowest BCUT2D eigenvalue weighted by molar-refractivity contribution is 0.104. The summed E-state index contributed by atoms with van der Waals surface area (Å²) in [6.45, 7) is 4.72. The minimum Gasteiger partial charge on any atom is -0.384 e. The third kappa shape index (κ3) is 3.14. The first kappa shape index (κ1) is 19.1. The summed E-state index contributed by atoms with van der Waals surface area (Å²) in [6.07, 6.45) is 0.985. The van der Waals surface area contributed by atoms with Crippen molar-refractivity contribution in [2.75, 3.05) is 63.7 Å². The third-order valence-electron chi connectivity index (χ3n) is 5.83. The van der Waals surface area contributed by atoms with Gasteiger partial charge >= 0.3 is 0 Å². The zero-order chi connectivity index (χ0) is 20.7. The Labute approximate surface area is 175 Å². The van der Waals surface area contributed by atoms with Crippen molar-refractivity contribution < 1.29 is 14.1 Å². The van der Waals surface area contributed by atoms with E-state index in [0.29, 0.717) is 30.1 Å². The van der Waals surface area contributed by atoms with Gasteiger partial charge in [0.25, 0.3) is 0 Å². The van der Waals surface area contributed by atoms with Crippen LogP contribution in [-0.2, 0) is 4.74 Å². The van der Waals surface area contributed by atoms with Crippen LogP contribution in [0.3, 0.4) is 0 Å². The fraction of sp³-hybridized carbons (Fsp3) is 0.391. The normalized spacial score (nSPS) is 15.7. The lowest BCUT2D eigenvalue weighted by Crippen LogP contribution is -2.36. The van der Waals surface area contributed by atoms with E-state index in [0.717, 1.165) is 60.4 Å². The van der Waals surface area contributed by atoms with Crippen LogP contribution in [0.1, 0.15) is 22.3 Å². The number of carbonyl (C=O) groups excluding carboxylic acids is 1. The number of hydrogen-bond acceptors (Lipinski definition) is 7. The van der Waals surface area contributed by atoms with E-state index in [1.807, 2.05) is 24.3 Å². The minimum atomic E-state index is 0.0231. The molecule has 0 atom stereocenters. The van der Waals surface area contributed by atoms with Gasteiger partial charge in [0.15, 0.2) is 11.5 Å². The number of nitrogens with one attached hydrogen (secondary N) is 1. The number of benzene rings is 2. The molecule has 1 aliphatic carbocycles. The summed E-state index contributed by atoms with van der Waals surface area (Å²) in [5, 5.41) is 8.76. The zero-order valence-electron chi connectivity index (χ0n) is 17.4. The van der Waals surface area contributed by atoms with Crippen LogP contribution in [0.5, 0.6) is 0 Å². The molecular formula is C23H26N4O3. The largest absolute Gasteiger partial charge is 0.384 e. The van der Waals surface area contributed by atoms with Crippen LogP contribution < -0.4 is 10.2 Å². The van der Waals surface area contributed by atoms with Gasteiger partial charge in [-0.3, -0.25) is 4.79 Å². The molecule has 0 unspecified atom stereocenters. The van der Waals surface area contributed by atoms with Gasteiger partial charge in [-0.25, -0.2) is 0 Å². The number of fused-ring (bicyclic) bond motifs is 2. The van der Waals surface area contributed by atoms with E-state index in [4.69, 9.17) is 9.26 Å². The van der Waals surface area contributed by atoms with E-state index in [2.05, 4.69) is 40.4 Å². The Bertz CT molecular complexity index is 1100. The average Bonchev–Trinajstić information content (AvgIpc) is 3.21. The van der Waals surface area contributed by atoms with Crippen LogP contribution >= 0.6 is 0 Å². The molecule has 5 rings (SSSR count). The molecule has 2 heterocycles. The quantitative estimate of drug-likeness (QED) is 0.493. The summed E-state index contributed by atoms with van der Waals surface area (Å²) in [5.74, 6) is 0.705. The highest BCUT2D eigenvalue weighted by molar-refractivity contribution is 6.28. The Morgan fingerprint density at radius 3 is 2.70 bits per heavy atom. The average molecular weight is 406 g/mol. The molecule has 7 heteroatoms. The number of aromatic nitrogens is 1. The number of hydrogen-bond donors (Lipinski definition) is 1. The number of morpholine rings is 1. The van der Waals surface area contributed by atoms with Gasteiger partial charge in [-0.2, -0.15) is 0 Å². The Morgan fingerprint density at radius 2 is 1.93 bits per heavy atom. The second-order valence-electron chi connectivity index (χ2n) is 8.11. The van der Waals surface area contributed by atoms with Gasteiger partial charge in [-0.15, -0.1) is 0 Å². The summed E-state index contributed by atoms with van der Waals surface area (Å²) in [5.41, 5.74) is 4.75. The molecular weight excluding hydrogens is 380 g/mol. The van der Waals surface area contributed by atoms with Gasteiger partial charge in [-0.1, -0.05) is 29.4 Å². The molecule has 2 aromatic carbocycles. The molecule has 0 bridgehead atoms. The molecule has 7 nitrogen and oxygen atoms in total. The van der Waals surface area contributed by atoms with Gasteiger partial charge in [0, 0.05) is 36.4 Å². The maximum atomic E-state index is 13.5. The van der Waals surface area contributed by atoms with Gasteiger partial charge < -0.3 is 24.4 Å². The van der Waals surface area contributed by atoms with Crippen LogP contribution in [0.15, 0.2) is 34.9 Å². The lowest BCUT2D eigenvalue weighted by Gasteiger charge is -2.30. The van der Waals surface area contributed by atoms with Crippen LogP contribution in [0.25, 0.3) is 22.2 Å². The molecule has 0 amide bonds. The highest BCUT2D eigenvalue weighted by Gasteiger charge is 2.33. The molecule has 30 heavy (non-hydrogen) atoms. The Balaban J connectivity index is 1.65. The Kier molecular flexibility index (Phi) is 4.92. The molecule has 0 spiro atoms. The molecule has 1 N–H and O–H groups in total. The van der Waals surface area contributed by atoms with E-state index >= 15 is 0 Å². The molecule has 1 fully saturated rings. The first-order valence-electron chi connectivity index (χ1n) is 10.5. The summed E-state index contributed by atoms with van der Waals surface area (Å²) in [7, 11) is 4.13. The summed E-state index contributed by atoms with van der Waals surface area (Å²) < 4.78 is 11.4. The number of nitrogens with zero attached hydrogens (tertiary/aromatic N) is 3. The SMILES string of the molecule is CN(C)CCCNc1cc(N2CCOCC2)c2noc3c2c1C(=O)c1ccccc1-3. The second-order valence-corrected chi connectivity index (χ2v) is 8.11. The van der Waals surface area contributed by atoms with E-state index in [-0.39, 0.29) is 5.78 Å². The number of ketones is 1. The fourth-order valence-electron chi connectivity index (χ4n) is 4.35. The maximum Gasteiger partial charge on any atom is 0.196 e. The van der Waals surface area contributed by atoms with Crippen molar-refractivity contribution >= 4 is 28.1 Å². The zero-order valence-corrected chi connectivity index (χ0v) is 17.4. The van der Waals surface area contributed by atoms with Crippen molar-refractivity contribution in [3.63, 3.8) is 0 Å². The smallest absolute Gasteiger partial charge is 0.196 e. The molecule has 1 saturated heterocycles. The van der Waals surface area contributed by atoms with Crippen molar-refractivity contribution in [2.24, 2.45) is 0 Å². The third-order valence-corrected chi connectivity index (χ3v) is 5.83. The Hall–Kier alpha value is -2.90. The predicted octanol–water partition coefficient (Wildman–Crippen LogP) is 3.24. The second kappa shape index (κ2) is 7.74. The number of rotatable bonds is 6. The van der Waals surface area contributed by atoms with Gasteiger partial charge in [0.05, 0.1) is 29.9 Å². The summed E-state index contributed by atoms with van der Waals surface area (Å²) in [6, 6.07) is 9.68. The van der Waals surface area contributed by atoms with Gasteiger partial charge in [0.2, 0.25) is 0 Å². The van der Waals surface area contributed by atoms with E-state index in [9.17, 15) is 4.79 Å². The van der Waals surface area contributed by atoms with Crippen LogP contribution in [0.4, 0.5) is 11.4 Å². The van der Waals surface area contributed by atoms with Crippen LogP contribution in [-0.4, -0.2) is 69.3 Å². The van der Waals surface area contributed by atoms with Crippen molar-refractivity contribution in [3.05, 3.63) is 41.5 Å². The van der Waals surface area contributed by atoms with Crippen molar-refractivity contribution in [1.82, 2.24) is 10.1 Å². The van der Waals surface area contributed by atoms with E-state index in [1.165, 1.54) is 0 Å². The molecule has 2 aliphatic rings. The van der Waals surface area contributed by atoms with E-state index in [1.54, 1.807) is 0 Å². The number of anilines is 2. The fourth-order valence-corrected chi connectivity index (χ4v) is 4.35. The lowest BCUT2D eigenvalue weighted by atomic mass is 9.86. The molecule has 3 aromatic rings. The predicted molar refractivity (Wildman–Crippen MR) is 118 cm³/mol. The van der Waals surface area contributed by atoms with Gasteiger partial charge in [0.1, 0.15) is 5.52 Å². The Morgan fingerprint density at radius 1 is 1.17 bits per heavy atom. The number of ether oxygens (including phenoxy) is 1. The van der Waals surface area contributed by atoms with Crippen molar-refractivity contribution in [3.8, 4) is 11.3 Å². The van der Waals surface area contributed by atoms with Crippen LogP contribution in [0, 0.1) is 0 Å². The standard InChI is InChI=1S/C23H26N4O3/c1-26(2)9-5-8-24-17-14-18(27-10-12-29-13-11-27)21-20-19(17)22(28)15-6-3-4-7-16(15)23(20)30-25-21/h3-4,6-7,14,24H,5,8-13H2,1-2H3. The van der Waals surface area contributed by atoms with Crippen LogP contribution in [0.2, 0.25) is 0 Å². The maximum absolute atomic E-state index is 13.5. The molecule has 0 saturated carbocycles. The van der Waals surface area contributed by atoms with Gasteiger partial charge in [-0.05, 0) is 33.1 Å². The van der Waals surface area contributed by atoms with Crippen molar-refractivity contribution in [1.29, 1.82) is 0 Å². The minimum absolute atomic E-state index is 0.0231. The molecule has 1 aliphatic heterocycles. The topological polar surface area (TPSA) is 70.8 Å². The van der Waals surface area contributed by atoms with E-state index < -0.39 is 0 Å². The monoisotopic (exact) mass is 406 g/mol. The first-order valence-corrected chi connectivity index (χ1v) is 10.5. The summed E-state index contributed by atoms with van der Waals surface area (Å²) >= 11 is 0. The molecule has 0 radical (unpaired) electrons. The van der Waals surface area contributed by atoms with Crippen molar-refractivity contribution in [2.45, 2.75) is 6.42 Å². The highest BCUT2D eigenvalue weighted by atomic mass is 16.5. The first-order chi connectivity index (χ1) is 14.6. The highest BCUT2D eigenvalue weighted by Crippen LogP contribution is 2.45. The summed E-state index contributed by atoms with van der Waals surface area (Å²) in [4.78, 5) is 17.9.